The van der Waals surface area contributed by atoms with Gasteiger partial charge >= 0.3 is 5.97 Å². The lowest BCUT2D eigenvalue weighted by Gasteiger charge is -2.09. The molecule has 0 saturated heterocycles. The number of carbonyl (C=O) groups excluding carboxylic acids is 1. The lowest BCUT2D eigenvalue weighted by molar-refractivity contribution is -0.143. The molecule has 0 aromatic rings. The van der Waals surface area contributed by atoms with Crippen LogP contribution in [0.15, 0.2) is 0 Å². The largest absolute Gasteiger partial charge is 1.00 e. The average Bonchev–Trinajstić information content (AvgIpc) is 2.51. The Morgan fingerprint density at radius 3 is 1.87 bits per heavy atom. The number of rotatable bonds is 16. The maximum absolute atomic E-state index is 11.3. The van der Waals surface area contributed by atoms with Crippen LogP contribution in [0.2, 0.25) is 0 Å². The molecule has 0 spiro atoms. The van der Waals surface area contributed by atoms with Crippen LogP contribution < -0.4 is 12.4 Å². The molecule has 140 valence electrons. The van der Waals surface area contributed by atoms with E-state index in [4.69, 9.17) is 4.74 Å². The van der Waals surface area contributed by atoms with Gasteiger partial charge in [0.1, 0.15) is 17.3 Å². The minimum absolute atomic E-state index is 0. The maximum Gasteiger partial charge on any atom is 0.305 e. The first-order valence-electron chi connectivity index (χ1n) is 9.54. The van der Waals surface area contributed by atoms with Crippen LogP contribution in [-0.2, 0) is 20.4 Å². The van der Waals surface area contributed by atoms with Crippen molar-refractivity contribution in [3.8, 4) is 0 Å². The molecule has 4 heteroatoms. The van der Waals surface area contributed by atoms with Gasteiger partial charge in [-0.05, 0) is 49.9 Å². The van der Waals surface area contributed by atoms with Crippen LogP contribution in [0, 0.1) is 0 Å². The molecular weight excluding hydrogens is 328 g/mol. The van der Waals surface area contributed by atoms with E-state index < -0.39 is 0 Å². The van der Waals surface area contributed by atoms with E-state index >= 15 is 0 Å². The van der Waals surface area contributed by atoms with Crippen LogP contribution in [0.1, 0.15) is 91.4 Å². The van der Waals surface area contributed by atoms with Gasteiger partial charge < -0.3 is 17.1 Å². The van der Waals surface area contributed by atoms with E-state index in [1.807, 2.05) is 6.92 Å². The molecule has 0 radical (unpaired) electrons. The fourth-order valence-corrected chi connectivity index (χ4v) is 5.08. The molecule has 1 atom stereocenters. The molecular formula is C19H39ClO2S. The van der Waals surface area contributed by atoms with Gasteiger partial charge in [-0.25, -0.2) is 0 Å². The molecule has 0 aromatic carbocycles. The Hall–Kier alpha value is 0.110. The van der Waals surface area contributed by atoms with E-state index in [1.165, 1.54) is 75.0 Å². The van der Waals surface area contributed by atoms with Crippen molar-refractivity contribution >= 4 is 16.9 Å². The summed E-state index contributed by atoms with van der Waals surface area (Å²) in [5, 5.41) is 0. The average molecular weight is 367 g/mol. The van der Waals surface area contributed by atoms with Gasteiger partial charge in [0.05, 0.1) is 6.61 Å². The zero-order valence-corrected chi connectivity index (χ0v) is 17.3. The Bertz CT molecular complexity index is 250. The standard InChI is InChI=1S/C19H39O2S.ClH/c1-4-7-9-10-11-13-17-22(16-8-5-2)18-14-12-15-19(20)21-6-3;/h4-18H2,1-3H3;1H/q+1;/p-1. The summed E-state index contributed by atoms with van der Waals surface area (Å²) in [5.41, 5.74) is 0. The van der Waals surface area contributed by atoms with E-state index in [0.29, 0.717) is 23.9 Å². The first-order chi connectivity index (χ1) is 10.7. The van der Waals surface area contributed by atoms with Crippen molar-refractivity contribution in [2.45, 2.75) is 91.4 Å². The molecule has 23 heavy (non-hydrogen) atoms. The molecule has 0 saturated carbocycles. The van der Waals surface area contributed by atoms with Crippen LogP contribution >= 0.6 is 0 Å². The molecule has 0 rings (SSSR count). The summed E-state index contributed by atoms with van der Waals surface area (Å²) in [7, 11) is 0.598. The van der Waals surface area contributed by atoms with Gasteiger partial charge in [-0.3, -0.25) is 4.79 Å². The van der Waals surface area contributed by atoms with Crippen molar-refractivity contribution in [2.24, 2.45) is 0 Å². The van der Waals surface area contributed by atoms with Crippen molar-refractivity contribution < 1.29 is 21.9 Å². The van der Waals surface area contributed by atoms with E-state index in [-0.39, 0.29) is 18.4 Å². The summed E-state index contributed by atoms with van der Waals surface area (Å²) in [6.45, 7) is 6.95. The van der Waals surface area contributed by atoms with Crippen molar-refractivity contribution in [3.63, 3.8) is 0 Å². The highest BCUT2D eigenvalue weighted by Crippen LogP contribution is 2.12. The predicted octanol–water partition coefficient (Wildman–Crippen LogP) is 2.50. The number of unbranched alkanes of at least 4 members (excludes halogenated alkanes) is 7. The second kappa shape index (κ2) is 20.2. The Kier molecular flexibility index (Phi) is 22.2. The third-order valence-corrected chi connectivity index (χ3v) is 6.54. The Labute approximate surface area is 154 Å². The summed E-state index contributed by atoms with van der Waals surface area (Å²) < 4.78 is 4.99. The normalized spacial score (nSPS) is 11.8. The van der Waals surface area contributed by atoms with Gasteiger partial charge in [-0.2, -0.15) is 0 Å². The van der Waals surface area contributed by atoms with Crippen molar-refractivity contribution in [2.75, 3.05) is 23.9 Å². The lowest BCUT2D eigenvalue weighted by Crippen LogP contribution is -3.00. The minimum Gasteiger partial charge on any atom is -1.00 e. The van der Waals surface area contributed by atoms with Crippen molar-refractivity contribution in [3.05, 3.63) is 0 Å². The van der Waals surface area contributed by atoms with Gasteiger partial charge in [0.25, 0.3) is 0 Å². The second-order valence-electron chi connectivity index (χ2n) is 6.11. The monoisotopic (exact) mass is 366 g/mol. The third-order valence-electron chi connectivity index (χ3n) is 3.94. The second-order valence-corrected chi connectivity index (χ2v) is 8.56. The molecule has 0 bridgehead atoms. The van der Waals surface area contributed by atoms with Crippen LogP contribution in [-0.4, -0.2) is 29.8 Å². The van der Waals surface area contributed by atoms with Gasteiger partial charge in [-0.15, -0.1) is 0 Å². The van der Waals surface area contributed by atoms with Gasteiger partial charge in [-0.1, -0.05) is 46.0 Å². The molecule has 2 nitrogen and oxygen atoms in total. The number of halogens is 1. The molecule has 0 amide bonds. The predicted molar refractivity (Wildman–Crippen MR) is 101 cm³/mol. The number of hydrogen-bond acceptors (Lipinski definition) is 2. The van der Waals surface area contributed by atoms with E-state index in [1.54, 1.807) is 0 Å². The Morgan fingerprint density at radius 1 is 0.739 bits per heavy atom. The van der Waals surface area contributed by atoms with Gasteiger partial charge in [0.15, 0.2) is 0 Å². The molecule has 0 fully saturated rings. The summed E-state index contributed by atoms with van der Waals surface area (Å²) >= 11 is 0. The van der Waals surface area contributed by atoms with E-state index in [2.05, 4.69) is 13.8 Å². The van der Waals surface area contributed by atoms with Gasteiger partial charge in [0, 0.05) is 6.42 Å². The SMILES string of the molecule is CCCCCCCC[S+](CCCC)CCCCC(=O)OCC.[Cl-]. The number of ether oxygens (including phenoxy) is 1. The molecule has 0 aromatic heterocycles. The van der Waals surface area contributed by atoms with Crippen molar-refractivity contribution in [1.29, 1.82) is 0 Å². The molecule has 0 aliphatic heterocycles. The van der Waals surface area contributed by atoms with Crippen LogP contribution in [0.3, 0.4) is 0 Å². The first kappa shape index (κ1) is 25.4. The fraction of sp³-hybridized carbons (Fsp3) is 0.947. The highest BCUT2D eigenvalue weighted by Gasteiger charge is 2.16. The summed E-state index contributed by atoms with van der Waals surface area (Å²) in [5.74, 6) is 4.14. The molecule has 0 heterocycles. The number of carbonyl (C=O) groups is 1. The molecule has 0 N–H and O–H groups in total. The summed E-state index contributed by atoms with van der Waals surface area (Å²) in [4.78, 5) is 11.3. The minimum atomic E-state index is -0.0214. The highest BCUT2D eigenvalue weighted by molar-refractivity contribution is 7.96. The van der Waals surface area contributed by atoms with Crippen LogP contribution in [0.4, 0.5) is 0 Å². The van der Waals surface area contributed by atoms with Crippen molar-refractivity contribution in [1.82, 2.24) is 0 Å². The van der Waals surface area contributed by atoms with Gasteiger partial charge in [0.2, 0.25) is 0 Å². The summed E-state index contributed by atoms with van der Waals surface area (Å²) in [6.07, 6.45) is 13.9. The van der Waals surface area contributed by atoms with E-state index in [0.717, 1.165) is 6.42 Å². The third kappa shape index (κ3) is 18.3. The number of hydrogen-bond donors (Lipinski definition) is 0. The highest BCUT2D eigenvalue weighted by atomic mass is 35.5. The Balaban J connectivity index is 0. The zero-order valence-electron chi connectivity index (χ0n) is 15.7. The fourth-order valence-electron chi connectivity index (χ4n) is 2.55. The van der Waals surface area contributed by atoms with Crippen LogP contribution in [0.5, 0.6) is 0 Å². The topological polar surface area (TPSA) is 26.3 Å². The molecule has 1 unspecified atom stereocenters. The molecule has 0 aliphatic carbocycles. The lowest BCUT2D eigenvalue weighted by atomic mass is 10.1. The Morgan fingerprint density at radius 2 is 1.26 bits per heavy atom. The molecule has 0 aliphatic rings. The number of esters is 1. The summed E-state index contributed by atoms with van der Waals surface area (Å²) in [6, 6.07) is 0. The van der Waals surface area contributed by atoms with Crippen LogP contribution in [0.25, 0.3) is 0 Å². The zero-order chi connectivity index (χ0) is 16.5. The first-order valence-corrected chi connectivity index (χ1v) is 11.3. The quantitative estimate of drug-likeness (QED) is 0.238. The smallest absolute Gasteiger partial charge is 0.305 e. The maximum atomic E-state index is 11.3. The van der Waals surface area contributed by atoms with E-state index in [9.17, 15) is 4.79 Å².